The Hall–Kier alpha value is -2.36. The fraction of sp³-hybridized carbons (Fsp3) is 0.0769. The Bertz CT molecular complexity index is 660. The van der Waals surface area contributed by atoms with Crippen LogP contribution < -0.4 is 5.32 Å². The first kappa shape index (κ1) is 9.84. The van der Waals surface area contributed by atoms with Crippen molar-refractivity contribution in [2.75, 3.05) is 12.4 Å². The van der Waals surface area contributed by atoms with Crippen molar-refractivity contribution in [3.63, 3.8) is 0 Å². The third kappa shape index (κ3) is 1.73. The number of benzene rings is 2. The van der Waals surface area contributed by atoms with Gasteiger partial charge in [0, 0.05) is 12.7 Å². The summed E-state index contributed by atoms with van der Waals surface area (Å²) < 4.78 is 4.69. The first-order chi connectivity index (χ1) is 8.36. The van der Waals surface area contributed by atoms with E-state index in [1.54, 1.807) is 0 Å². The van der Waals surface area contributed by atoms with Crippen LogP contribution in [-0.4, -0.2) is 17.4 Å². The van der Waals surface area contributed by atoms with Gasteiger partial charge in [0.1, 0.15) is 11.0 Å². The molecule has 1 aromatic heterocycles. The SMILES string of the molecule is CNc1cccc(-c2ccc3nonc3c2)c1. The van der Waals surface area contributed by atoms with Crippen LogP contribution in [0.4, 0.5) is 5.69 Å². The molecule has 0 atom stereocenters. The Morgan fingerprint density at radius 2 is 1.76 bits per heavy atom. The molecule has 0 spiro atoms. The van der Waals surface area contributed by atoms with Gasteiger partial charge in [0.25, 0.3) is 0 Å². The van der Waals surface area contributed by atoms with E-state index in [1.165, 1.54) is 0 Å². The highest BCUT2D eigenvalue weighted by atomic mass is 16.6. The largest absolute Gasteiger partial charge is 0.388 e. The molecule has 3 rings (SSSR count). The van der Waals surface area contributed by atoms with Crippen molar-refractivity contribution in [3.8, 4) is 11.1 Å². The van der Waals surface area contributed by atoms with E-state index in [-0.39, 0.29) is 0 Å². The summed E-state index contributed by atoms with van der Waals surface area (Å²) in [5.41, 5.74) is 4.88. The van der Waals surface area contributed by atoms with Crippen LogP contribution in [0, 0.1) is 0 Å². The maximum absolute atomic E-state index is 4.69. The Morgan fingerprint density at radius 3 is 2.65 bits per heavy atom. The van der Waals surface area contributed by atoms with Crippen molar-refractivity contribution >= 4 is 16.7 Å². The van der Waals surface area contributed by atoms with Crippen LogP contribution in [-0.2, 0) is 0 Å². The molecule has 84 valence electrons. The molecule has 1 heterocycles. The number of rotatable bonds is 2. The fourth-order valence-corrected chi connectivity index (χ4v) is 1.82. The normalized spacial score (nSPS) is 10.6. The lowest BCUT2D eigenvalue weighted by molar-refractivity contribution is 0.315. The topological polar surface area (TPSA) is 51.0 Å². The Morgan fingerprint density at radius 1 is 0.941 bits per heavy atom. The van der Waals surface area contributed by atoms with Gasteiger partial charge in [-0.15, -0.1) is 0 Å². The van der Waals surface area contributed by atoms with Crippen LogP contribution in [0.2, 0.25) is 0 Å². The predicted octanol–water partition coefficient (Wildman–Crippen LogP) is 2.93. The number of hydrogen-bond acceptors (Lipinski definition) is 4. The lowest BCUT2D eigenvalue weighted by Gasteiger charge is -2.04. The average Bonchev–Trinajstić information content (AvgIpc) is 2.86. The number of anilines is 1. The number of nitrogens with zero attached hydrogens (tertiary/aromatic N) is 2. The van der Waals surface area contributed by atoms with Gasteiger partial charge < -0.3 is 5.32 Å². The third-order valence-electron chi connectivity index (χ3n) is 2.74. The monoisotopic (exact) mass is 225 g/mol. The zero-order chi connectivity index (χ0) is 11.7. The number of hydrogen-bond donors (Lipinski definition) is 1. The Balaban J connectivity index is 2.12. The second kappa shape index (κ2) is 3.90. The van der Waals surface area contributed by atoms with E-state index in [4.69, 9.17) is 0 Å². The summed E-state index contributed by atoms with van der Waals surface area (Å²) in [6, 6.07) is 14.1. The van der Waals surface area contributed by atoms with Crippen molar-refractivity contribution in [1.82, 2.24) is 10.3 Å². The maximum atomic E-state index is 4.69. The summed E-state index contributed by atoms with van der Waals surface area (Å²) in [5.74, 6) is 0. The van der Waals surface area contributed by atoms with Gasteiger partial charge in [-0.2, -0.15) is 0 Å². The highest BCUT2D eigenvalue weighted by Gasteiger charge is 2.03. The maximum Gasteiger partial charge on any atom is 0.135 e. The molecular formula is C13H11N3O. The van der Waals surface area contributed by atoms with Gasteiger partial charge in [0.15, 0.2) is 0 Å². The molecular weight excluding hydrogens is 214 g/mol. The van der Waals surface area contributed by atoms with Crippen LogP contribution in [0.15, 0.2) is 47.1 Å². The summed E-state index contributed by atoms with van der Waals surface area (Å²) in [6.07, 6.45) is 0. The summed E-state index contributed by atoms with van der Waals surface area (Å²) in [7, 11) is 1.91. The number of fused-ring (bicyclic) bond motifs is 1. The molecule has 0 saturated carbocycles. The highest BCUT2D eigenvalue weighted by Crippen LogP contribution is 2.24. The molecule has 0 unspecified atom stereocenters. The van der Waals surface area contributed by atoms with Crippen LogP contribution in [0.1, 0.15) is 0 Å². The zero-order valence-electron chi connectivity index (χ0n) is 9.34. The fourth-order valence-electron chi connectivity index (χ4n) is 1.82. The summed E-state index contributed by atoms with van der Waals surface area (Å²) in [4.78, 5) is 0. The van der Waals surface area contributed by atoms with Crippen LogP contribution >= 0.6 is 0 Å². The van der Waals surface area contributed by atoms with E-state index in [1.807, 2.05) is 37.4 Å². The molecule has 0 aliphatic carbocycles. The summed E-state index contributed by atoms with van der Waals surface area (Å²) >= 11 is 0. The van der Waals surface area contributed by atoms with E-state index in [9.17, 15) is 0 Å². The van der Waals surface area contributed by atoms with Crippen molar-refractivity contribution in [1.29, 1.82) is 0 Å². The molecule has 1 N–H and O–H groups in total. The molecule has 3 aromatic rings. The average molecular weight is 225 g/mol. The zero-order valence-corrected chi connectivity index (χ0v) is 9.34. The van der Waals surface area contributed by atoms with Crippen LogP contribution in [0.5, 0.6) is 0 Å². The molecule has 0 aliphatic heterocycles. The van der Waals surface area contributed by atoms with Gasteiger partial charge in [-0.3, -0.25) is 0 Å². The van der Waals surface area contributed by atoms with E-state index >= 15 is 0 Å². The standard InChI is InChI=1S/C13H11N3O/c1-14-11-4-2-3-9(7-11)10-5-6-12-13(8-10)16-17-15-12/h2-8,14H,1H3. The molecule has 0 saturated heterocycles. The molecule has 0 bridgehead atoms. The molecule has 4 heteroatoms. The first-order valence-corrected chi connectivity index (χ1v) is 5.37. The number of nitrogens with one attached hydrogen (secondary N) is 1. The molecule has 2 aromatic carbocycles. The minimum atomic E-state index is 0.775. The van der Waals surface area contributed by atoms with Crippen molar-refractivity contribution in [2.45, 2.75) is 0 Å². The molecule has 0 fully saturated rings. The van der Waals surface area contributed by atoms with Crippen LogP contribution in [0.25, 0.3) is 22.2 Å². The molecule has 17 heavy (non-hydrogen) atoms. The van der Waals surface area contributed by atoms with Gasteiger partial charge in [-0.1, -0.05) is 18.2 Å². The minimum absolute atomic E-state index is 0.775. The minimum Gasteiger partial charge on any atom is -0.388 e. The van der Waals surface area contributed by atoms with E-state index in [0.717, 1.165) is 27.8 Å². The second-order valence-corrected chi connectivity index (χ2v) is 3.80. The molecule has 0 aliphatic rings. The lowest BCUT2D eigenvalue weighted by Crippen LogP contribution is -1.87. The third-order valence-corrected chi connectivity index (χ3v) is 2.74. The van der Waals surface area contributed by atoms with Gasteiger partial charge in [-0.25, -0.2) is 4.63 Å². The highest BCUT2D eigenvalue weighted by molar-refractivity contribution is 5.81. The van der Waals surface area contributed by atoms with Crippen molar-refractivity contribution in [2.24, 2.45) is 0 Å². The number of aromatic nitrogens is 2. The van der Waals surface area contributed by atoms with E-state index < -0.39 is 0 Å². The smallest absolute Gasteiger partial charge is 0.135 e. The van der Waals surface area contributed by atoms with Crippen molar-refractivity contribution < 1.29 is 4.63 Å². The molecule has 0 radical (unpaired) electrons. The lowest BCUT2D eigenvalue weighted by atomic mass is 10.0. The summed E-state index contributed by atoms with van der Waals surface area (Å²) in [5, 5.41) is 10.8. The van der Waals surface area contributed by atoms with Gasteiger partial charge >= 0.3 is 0 Å². The van der Waals surface area contributed by atoms with Crippen molar-refractivity contribution in [3.05, 3.63) is 42.5 Å². The Kier molecular flexibility index (Phi) is 2.26. The Labute approximate surface area is 98.2 Å². The van der Waals surface area contributed by atoms with Gasteiger partial charge in [0.2, 0.25) is 0 Å². The summed E-state index contributed by atoms with van der Waals surface area (Å²) in [6.45, 7) is 0. The quantitative estimate of drug-likeness (QED) is 0.728. The van der Waals surface area contributed by atoms with E-state index in [0.29, 0.717) is 0 Å². The van der Waals surface area contributed by atoms with Crippen LogP contribution in [0.3, 0.4) is 0 Å². The molecule has 4 nitrogen and oxygen atoms in total. The van der Waals surface area contributed by atoms with Gasteiger partial charge in [-0.05, 0) is 45.7 Å². The second-order valence-electron chi connectivity index (χ2n) is 3.80. The van der Waals surface area contributed by atoms with E-state index in [2.05, 4.69) is 32.4 Å². The first-order valence-electron chi connectivity index (χ1n) is 5.37. The molecule has 0 amide bonds. The van der Waals surface area contributed by atoms with Gasteiger partial charge in [0.05, 0.1) is 0 Å². The predicted molar refractivity (Wildman–Crippen MR) is 66.8 cm³/mol.